The molecular formula is C4H7N3O. The second-order valence-corrected chi connectivity index (χ2v) is 1.55. The van der Waals surface area contributed by atoms with E-state index in [1.807, 2.05) is 0 Å². The van der Waals surface area contributed by atoms with E-state index in [9.17, 15) is 0 Å². The van der Waals surface area contributed by atoms with Crippen LogP contribution in [0.4, 0.5) is 0 Å². The Labute approximate surface area is 46.6 Å². The fourth-order valence-corrected chi connectivity index (χ4v) is 0.416. The minimum absolute atomic E-state index is 0.505. The topological polar surface area (TPSA) is 61.8 Å². The molecule has 4 nitrogen and oxygen atoms in total. The van der Waals surface area contributed by atoms with E-state index in [1.54, 1.807) is 6.92 Å². The van der Waals surface area contributed by atoms with Gasteiger partial charge in [-0.25, -0.2) is 4.98 Å². The number of hydrogen-bond donors (Lipinski definition) is 2. The van der Waals surface area contributed by atoms with E-state index in [1.165, 1.54) is 6.33 Å². The zero-order chi connectivity index (χ0) is 5.98. The van der Waals surface area contributed by atoms with Crippen molar-refractivity contribution in [3.63, 3.8) is 0 Å². The first-order valence-corrected chi connectivity index (χ1v) is 2.34. The van der Waals surface area contributed by atoms with Crippen molar-refractivity contribution in [2.75, 3.05) is 0 Å². The van der Waals surface area contributed by atoms with Crippen molar-refractivity contribution in [1.29, 1.82) is 0 Å². The minimum atomic E-state index is -0.544. The molecule has 0 aliphatic heterocycles. The third-order valence-corrected chi connectivity index (χ3v) is 0.829. The zero-order valence-electron chi connectivity index (χ0n) is 4.50. The van der Waals surface area contributed by atoms with Gasteiger partial charge in [-0.1, -0.05) is 0 Å². The van der Waals surface area contributed by atoms with Crippen LogP contribution in [0.5, 0.6) is 0 Å². The molecule has 1 heterocycles. The molecule has 0 saturated heterocycles. The third-order valence-electron chi connectivity index (χ3n) is 0.829. The largest absolute Gasteiger partial charge is 0.385 e. The lowest BCUT2D eigenvalue weighted by molar-refractivity contribution is 0.189. The molecule has 1 aromatic rings. The normalized spacial score (nSPS) is 13.8. The van der Waals surface area contributed by atoms with Crippen LogP contribution in [0.2, 0.25) is 0 Å². The Bertz CT molecular complexity index is 146. The molecule has 1 atom stereocenters. The number of H-pyrrole nitrogens is 1. The van der Waals surface area contributed by atoms with Gasteiger partial charge in [0.1, 0.15) is 12.4 Å². The number of aliphatic hydroxyl groups excluding tert-OH is 1. The van der Waals surface area contributed by atoms with Gasteiger partial charge in [-0.2, -0.15) is 5.10 Å². The second-order valence-electron chi connectivity index (χ2n) is 1.55. The van der Waals surface area contributed by atoms with Crippen LogP contribution in [0, 0.1) is 0 Å². The number of aromatic amines is 1. The highest BCUT2D eigenvalue weighted by molar-refractivity contribution is 4.82. The molecule has 0 aliphatic carbocycles. The van der Waals surface area contributed by atoms with E-state index in [4.69, 9.17) is 5.11 Å². The maximum Gasteiger partial charge on any atom is 0.152 e. The highest BCUT2D eigenvalue weighted by Crippen LogP contribution is 2.00. The average molecular weight is 113 g/mol. The van der Waals surface area contributed by atoms with Gasteiger partial charge in [0.15, 0.2) is 5.82 Å². The average Bonchev–Trinajstić information content (AvgIpc) is 2.12. The summed E-state index contributed by atoms with van der Waals surface area (Å²) < 4.78 is 0. The Morgan fingerprint density at radius 1 is 1.88 bits per heavy atom. The molecule has 0 unspecified atom stereocenters. The molecule has 0 fully saturated rings. The van der Waals surface area contributed by atoms with Gasteiger partial charge in [-0.05, 0) is 6.92 Å². The molecular weight excluding hydrogens is 106 g/mol. The molecule has 0 amide bonds. The van der Waals surface area contributed by atoms with Gasteiger partial charge < -0.3 is 5.11 Å². The van der Waals surface area contributed by atoms with E-state index < -0.39 is 6.10 Å². The van der Waals surface area contributed by atoms with Crippen molar-refractivity contribution in [3.05, 3.63) is 12.2 Å². The summed E-state index contributed by atoms with van der Waals surface area (Å²) in [4.78, 5) is 3.70. The zero-order valence-corrected chi connectivity index (χ0v) is 4.50. The van der Waals surface area contributed by atoms with Crippen molar-refractivity contribution in [2.24, 2.45) is 0 Å². The third kappa shape index (κ3) is 0.840. The maximum atomic E-state index is 8.78. The van der Waals surface area contributed by atoms with Crippen LogP contribution in [-0.4, -0.2) is 20.3 Å². The van der Waals surface area contributed by atoms with Crippen molar-refractivity contribution in [1.82, 2.24) is 15.2 Å². The van der Waals surface area contributed by atoms with Crippen molar-refractivity contribution in [2.45, 2.75) is 13.0 Å². The molecule has 0 spiro atoms. The Morgan fingerprint density at radius 3 is 2.88 bits per heavy atom. The maximum absolute atomic E-state index is 8.78. The fraction of sp³-hybridized carbons (Fsp3) is 0.500. The van der Waals surface area contributed by atoms with Crippen LogP contribution < -0.4 is 0 Å². The first-order valence-electron chi connectivity index (χ1n) is 2.34. The Kier molecular flexibility index (Phi) is 1.26. The number of aliphatic hydroxyl groups is 1. The standard InChI is InChI=1S/C4H7N3O/c1-3(8)4-5-2-6-7-4/h2-3,8H,1H3,(H,5,6,7)/t3-/m0/s1. The summed E-state index contributed by atoms with van der Waals surface area (Å²) in [5.74, 6) is 0.505. The number of aromatic nitrogens is 3. The van der Waals surface area contributed by atoms with Crippen molar-refractivity contribution in [3.8, 4) is 0 Å². The smallest absolute Gasteiger partial charge is 0.152 e. The number of rotatable bonds is 1. The van der Waals surface area contributed by atoms with Crippen molar-refractivity contribution < 1.29 is 5.11 Å². The van der Waals surface area contributed by atoms with Crippen LogP contribution in [0.1, 0.15) is 18.9 Å². The Balaban J connectivity index is 2.77. The molecule has 1 aromatic heterocycles. The summed E-state index contributed by atoms with van der Waals surface area (Å²) in [6.07, 6.45) is 0.819. The van der Waals surface area contributed by atoms with Gasteiger partial charge >= 0.3 is 0 Å². The van der Waals surface area contributed by atoms with Gasteiger partial charge in [0.05, 0.1) is 0 Å². The second kappa shape index (κ2) is 1.92. The molecule has 4 heteroatoms. The lowest BCUT2D eigenvalue weighted by atomic mass is 10.4. The monoisotopic (exact) mass is 113 g/mol. The van der Waals surface area contributed by atoms with Crippen LogP contribution in [0.25, 0.3) is 0 Å². The SMILES string of the molecule is C[C@H](O)c1ncn[nH]1. The van der Waals surface area contributed by atoms with Gasteiger partial charge in [0.2, 0.25) is 0 Å². The number of hydrogen-bond acceptors (Lipinski definition) is 3. The number of nitrogens with one attached hydrogen (secondary N) is 1. The highest BCUT2D eigenvalue weighted by Gasteiger charge is 1.99. The Morgan fingerprint density at radius 2 is 2.62 bits per heavy atom. The molecule has 0 radical (unpaired) electrons. The first kappa shape index (κ1) is 5.24. The Hall–Kier alpha value is -0.900. The molecule has 44 valence electrons. The van der Waals surface area contributed by atoms with Crippen LogP contribution in [0.3, 0.4) is 0 Å². The predicted octanol–water partition coefficient (Wildman–Crippen LogP) is -0.142. The van der Waals surface area contributed by atoms with E-state index in [-0.39, 0.29) is 0 Å². The molecule has 0 aromatic carbocycles. The summed E-state index contributed by atoms with van der Waals surface area (Å²) >= 11 is 0. The first-order chi connectivity index (χ1) is 3.80. The van der Waals surface area contributed by atoms with Crippen LogP contribution in [-0.2, 0) is 0 Å². The van der Waals surface area contributed by atoms with Gasteiger partial charge in [-0.15, -0.1) is 0 Å². The van der Waals surface area contributed by atoms with Crippen LogP contribution >= 0.6 is 0 Å². The van der Waals surface area contributed by atoms with E-state index in [2.05, 4.69) is 15.2 Å². The molecule has 2 N–H and O–H groups in total. The molecule has 0 bridgehead atoms. The van der Waals surface area contributed by atoms with E-state index >= 15 is 0 Å². The predicted molar refractivity (Wildman–Crippen MR) is 27.0 cm³/mol. The van der Waals surface area contributed by atoms with E-state index in [0.717, 1.165) is 0 Å². The summed E-state index contributed by atoms with van der Waals surface area (Å²) in [7, 11) is 0. The lowest BCUT2D eigenvalue weighted by Gasteiger charge is -1.93. The summed E-state index contributed by atoms with van der Waals surface area (Å²) in [6, 6.07) is 0. The highest BCUT2D eigenvalue weighted by atomic mass is 16.3. The molecule has 0 saturated carbocycles. The van der Waals surface area contributed by atoms with Gasteiger partial charge in [0, 0.05) is 0 Å². The van der Waals surface area contributed by atoms with Crippen LogP contribution in [0.15, 0.2) is 6.33 Å². The molecule has 8 heavy (non-hydrogen) atoms. The minimum Gasteiger partial charge on any atom is -0.385 e. The number of nitrogens with zero attached hydrogens (tertiary/aromatic N) is 2. The van der Waals surface area contributed by atoms with E-state index in [0.29, 0.717) is 5.82 Å². The molecule has 0 aliphatic rings. The summed E-state index contributed by atoms with van der Waals surface area (Å²) in [6.45, 7) is 1.63. The lowest BCUT2D eigenvalue weighted by Crippen LogP contribution is -1.92. The molecule has 1 rings (SSSR count). The van der Waals surface area contributed by atoms with Gasteiger partial charge in [0.25, 0.3) is 0 Å². The quantitative estimate of drug-likeness (QED) is 0.532. The summed E-state index contributed by atoms with van der Waals surface area (Å²) in [5, 5.41) is 14.9. The summed E-state index contributed by atoms with van der Waals surface area (Å²) in [5.41, 5.74) is 0. The van der Waals surface area contributed by atoms with Gasteiger partial charge in [-0.3, -0.25) is 5.10 Å². The van der Waals surface area contributed by atoms with Crippen molar-refractivity contribution >= 4 is 0 Å². The fourth-order valence-electron chi connectivity index (χ4n) is 0.416.